The van der Waals surface area contributed by atoms with E-state index in [0.717, 1.165) is 6.42 Å². The molecule has 0 aliphatic rings. The fraction of sp³-hybridized carbons (Fsp3) is 0.800. The van der Waals surface area contributed by atoms with Crippen LogP contribution in [-0.4, -0.2) is 4.98 Å². The molecule has 0 aromatic carbocycles. The first-order chi connectivity index (χ1) is 8.83. The van der Waals surface area contributed by atoms with Gasteiger partial charge in [-0.15, -0.1) is 11.3 Å². The van der Waals surface area contributed by atoms with Crippen LogP contribution in [0.5, 0.6) is 0 Å². The minimum absolute atomic E-state index is 0.678. The van der Waals surface area contributed by atoms with Crippen LogP contribution < -0.4 is 0 Å². The van der Waals surface area contributed by atoms with Gasteiger partial charge in [0.25, 0.3) is 0 Å². The van der Waals surface area contributed by atoms with Crippen LogP contribution in [0.3, 0.4) is 0 Å². The molecule has 0 unspecified atom stereocenters. The van der Waals surface area contributed by atoms with Crippen molar-refractivity contribution in [2.45, 2.75) is 77.6 Å². The van der Waals surface area contributed by atoms with Crippen LogP contribution in [0.25, 0.3) is 0 Å². The molecule has 0 aliphatic heterocycles. The van der Waals surface area contributed by atoms with Crippen molar-refractivity contribution in [2.24, 2.45) is 0 Å². The molecule has 18 heavy (non-hydrogen) atoms. The van der Waals surface area contributed by atoms with Crippen LogP contribution in [0.15, 0.2) is 5.38 Å². The predicted molar refractivity (Wildman–Crippen MR) is 82.7 cm³/mol. The summed E-state index contributed by atoms with van der Waals surface area (Å²) in [5, 5.41) is 2.08. The minimum atomic E-state index is 0.678. The van der Waals surface area contributed by atoms with Crippen molar-refractivity contribution in [3.05, 3.63) is 15.5 Å². The molecule has 1 aromatic rings. The molecule has 3 heteroatoms. The van der Waals surface area contributed by atoms with E-state index in [-0.39, 0.29) is 0 Å². The lowest BCUT2D eigenvalue weighted by atomic mass is 10.1. The van der Waals surface area contributed by atoms with Crippen LogP contribution in [0.4, 0.5) is 0 Å². The second kappa shape index (κ2) is 10.8. The first-order valence-corrected chi connectivity index (χ1v) is 8.68. The Bertz CT molecular complexity index is 298. The van der Waals surface area contributed by atoms with Gasteiger partial charge in [-0.3, -0.25) is 0 Å². The lowest BCUT2D eigenvalue weighted by molar-refractivity contribution is 0.555. The highest BCUT2D eigenvalue weighted by Gasteiger charge is 1.99. The maximum atomic E-state index is 5.80. The number of hydrogen-bond acceptors (Lipinski definition) is 2. The Morgan fingerprint density at radius 1 is 0.944 bits per heavy atom. The monoisotopic (exact) mass is 287 g/mol. The summed E-state index contributed by atoms with van der Waals surface area (Å²) in [4.78, 5) is 4.27. The molecule has 1 nitrogen and oxygen atoms in total. The molecule has 1 aromatic heterocycles. The van der Waals surface area contributed by atoms with Crippen LogP contribution in [0.1, 0.15) is 76.8 Å². The first-order valence-electron chi connectivity index (χ1n) is 7.43. The van der Waals surface area contributed by atoms with Crippen molar-refractivity contribution in [3.63, 3.8) is 0 Å². The van der Waals surface area contributed by atoms with E-state index in [1.807, 2.05) is 0 Å². The molecular weight excluding hydrogens is 262 g/mol. The SMILES string of the molecule is CCCCCCCCCCCCc1csc(Cl)n1. The fourth-order valence-electron chi connectivity index (χ4n) is 2.19. The van der Waals surface area contributed by atoms with Crippen LogP contribution in [0.2, 0.25) is 4.47 Å². The van der Waals surface area contributed by atoms with E-state index in [9.17, 15) is 0 Å². The fourth-order valence-corrected chi connectivity index (χ4v) is 3.01. The van der Waals surface area contributed by atoms with E-state index in [0.29, 0.717) is 4.47 Å². The summed E-state index contributed by atoms with van der Waals surface area (Å²) >= 11 is 7.34. The van der Waals surface area contributed by atoms with E-state index in [1.54, 1.807) is 11.3 Å². The molecular formula is C15H26ClNS. The average Bonchev–Trinajstić information content (AvgIpc) is 2.77. The zero-order valence-electron chi connectivity index (χ0n) is 11.6. The summed E-state index contributed by atoms with van der Waals surface area (Å²) in [5.41, 5.74) is 1.17. The highest BCUT2D eigenvalue weighted by Crippen LogP contribution is 2.17. The summed E-state index contributed by atoms with van der Waals surface area (Å²) in [5.74, 6) is 0. The lowest BCUT2D eigenvalue weighted by Gasteiger charge is -2.01. The third kappa shape index (κ3) is 8.10. The zero-order valence-corrected chi connectivity index (χ0v) is 13.2. The molecule has 0 bridgehead atoms. The Balaban J connectivity index is 1.81. The molecule has 0 saturated heterocycles. The van der Waals surface area contributed by atoms with Crippen molar-refractivity contribution in [2.75, 3.05) is 0 Å². The van der Waals surface area contributed by atoms with E-state index >= 15 is 0 Å². The molecule has 104 valence electrons. The van der Waals surface area contributed by atoms with Gasteiger partial charge in [0.1, 0.15) is 0 Å². The van der Waals surface area contributed by atoms with Crippen molar-refractivity contribution >= 4 is 22.9 Å². The van der Waals surface area contributed by atoms with Gasteiger partial charge in [-0.25, -0.2) is 4.98 Å². The normalized spacial score (nSPS) is 11.0. The number of aromatic nitrogens is 1. The largest absolute Gasteiger partial charge is 0.230 e. The highest BCUT2D eigenvalue weighted by molar-refractivity contribution is 7.13. The lowest BCUT2D eigenvalue weighted by Crippen LogP contribution is -1.86. The number of aryl methyl sites for hydroxylation is 1. The zero-order chi connectivity index (χ0) is 13.1. The summed E-state index contributed by atoms with van der Waals surface area (Å²) < 4.78 is 0.678. The van der Waals surface area contributed by atoms with E-state index in [2.05, 4.69) is 17.3 Å². The van der Waals surface area contributed by atoms with Gasteiger partial charge in [0, 0.05) is 5.38 Å². The molecule has 0 saturated carbocycles. The van der Waals surface area contributed by atoms with Crippen LogP contribution in [0, 0.1) is 0 Å². The van der Waals surface area contributed by atoms with Gasteiger partial charge >= 0.3 is 0 Å². The third-order valence-electron chi connectivity index (χ3n) is 3.31. The Hall–Kier alpha value is -0.0800. The number of nitrogens with zero attached hydrogens (tertiary/aromatic N) is 1. The molecule has 0 fully saturated rings. The van der Waals surface area contributed by atoms with E-state index in [4.69, 9.17) is 11.6 Å². The molecule has 1 rings (SSSR count). The van der Waals surface area contributed by atoms with Gasteiger partial charge < -0.3 is 0 Å². The van der Waals surface area contributed by atoms with Gasteiger partial charge in [0.2, 0.25) is 0 Å². The first kappa shape index (κ1) is 16.0. The summed E-state index contributed by atoms with van der Waals surface area (Å²) in [7, 11) is 0. The van der Waals surface area contributed by atoms with E-state index in [1.165, 1.54) is 69.9 Å². The number of rotatable bonds is 11. The molecule has 0 aliphatic carbocycles. The smallest absolute Gasteiger partial charge is 0.183 e. The Morgan fingerprint density at radius 2 is 1.50 bits per heavy atom. The molecule has 0 amide bonds. The Kier molecular flexibility index (Phi) is 9.59. The van der Waals surface area contributed by atoms with Crippen molar-refractivity contribution in [1.82, 2.24) is 4.98 Å². The Labute approximate surface area is 121 Å². The number of unbranched alkanes of at least 4 members (excludes halogenated alkanes) is 9. The van der Waals surface area contributed by atoms with Gasteiger partial charge in [-0.1, -0.05) is 76.3 Å². The number of hydrogen-bond donors (Lipinski definition) is 0. The van der Waals surface area contributed by atoms with Crippen molar-refractivity contribution in [3.8, 4) is 0 Å². The second-order valence-corrected chi connectivity index (χ2v) is 6.46. The quantitative estimate of drug-likeness (QED) is 0.438. The Morgan fingerprint density at radius 3 is 2.00 bits per heavy atom. The second-order valence-electron chi connectivity index (χ2n) is 5.02. The van der Waals surface area contributed by atoms with E-state index < -0.39 is 0 Å². The van der Waals surface area contributed by atoms with Gasteiger partial charge in [0.15, 0.2) is 4.47 Å². The van der Waals surface area contributed by atoms with Gasteiger partial charge in [-0.05, 0) is 12.8 Å². The molecule has 1 heterocycles. The molecule has 0 radical (unpaired) electrons. The van der Waals surface area contributed by atoms with Gasteiger partial charge in [0.05, 0.1) is 5.69 Å². The number of thiazole rings is 1. The number of halogens is 1. The summed E-state index contributed by atoms with van der Waals surface area (Å²) in [6.45, 7) is 2.27. The third-order valence-corrected chi connectivity index (χ3v) is 4.34. The van der Waals surface area contributed by atoms with Crippen molar-refractivity contribution in [1.29, 1.82) is 0 Å². The molecule has 0 atom stereocenters. The van der Waals surface area contributed by atoms with Crippen molar-refractivity contribution < 1.29 is 0 Å². The summed E-state index contributed by atoms with van der Waals surface area (Å²) in [6.07, 6.45) is 15.0. The highest BCUT2D eigenvalue weighted by atomic mass is 35.5. The standard InChI is InChI=1S/C15H26ClNS/c1-2-3-4-5-6-7-8-9-10-11-12-14-13-18-15(16)17-14/h13H,2-12H2,1H3. The average molecular weight is 288 g/mol. The summed E-state index contributed by atoms with van der Waals surface area (Å²) in [6, 6.07) is 0. The molecule has 0 spiro atoms. The van der Waals surface area contributed by atoms with Gasteiger partial charge in [-0.2, -0.15) is 0 Å². The van der Waals surface area contributed by atoms with Crippen LogP contribution in [-0.2, 0) is 6.42 Å². The topological polar surface area (TPSA) is 12.9 Å². The minimum Gasteiger partial charge on any atom is -0.230 e. The molecule has 0 N–H and O–H groups in total. The maximum absolute atomic E-state index is 5.80. The predicted octanol–water partition coefficient (Wildman–Crippen LogP) is 6.26. The maximum Gasteiger partial charge on any atom is 0.183 e. The van der Waals surface area contributed by atoms with Crippen LogP contribution >= 0.6 is 22.9 Å².